The third-order valence-corrected chi connectivity index (χ3v) is 5.02. The van der Waals surface area contributed by atoms with Crippen LogP contribution in [0.5, 0.6) is 11.5 Å². The van der Waals surface area contributed by atoms with Gasteiger partial charge < -0.3 is 19.3 Å². The van der Waals surface area contributed by atoms with Gasteiger partial charge in [-0.3, -0.25) is 0 Å². The molecule has 1 aliphatic rings. The summed E-state index contributed by atoms with van der Waals surface area (Å²) in [6.07, 6.45) is 0. The minimum absolute atomic E-state index is 0.802. The summed E-state index contributed by atoms with van der Waals surface area (Å²) in [5.74, 6) is 1.60. The molecule has 0 amide bonds. The van der Waals surface area contributed by atoms with Gasteiger partial charge in [-0.15, -0.1) is 0 Å². The maximum atomic E-state index is 5.59. The summed E-state index contributed by atoms with van der Waals surface area (Å²) in [7, 11) is 7.58. The molecule has 0 saturated carbocycles. The summed E-state index contributed by atoms with van der Waals surface area (Å²) in [6.45, 7) is 0. The van der Waals surface area contributed by atoms with Crippen molar-refractivity contribution in [3.05, 3.63) is 60.7 Å². The van der Waals surface area contributed by atoms with E-state index in [2.05, 4.69) is 66.4 Å². The molecule has 4 heteroatoms. The van der Waals surface area contributed by atoms with Crippen LogP contribution in [0.15, 0.2) is 60.7 Å². The summed E-state index contributed by atoms with van der Waals surface area (Å²) in [5, 5.41) is 0. The van der Waals surface area contributed by atoms with Crippen molar-refractivity contribution in [2.24, 2.45) is 0 Å². The van der Waals surface area contributed by atoms with E-state index >= 15 is 0 Å². The molecule has 4 rings (SSSR count). The molecule has 1 aliphatic heterocycles. The van der Waals surface area contributed by atoms with Crippen LogP contribution in [-0.2, 0) is 0 Å². The third-order valence-electron chi connectivity index (χ3n) is 5.02. The van der Waals surface area contributed by atoms with Crippen LogP contribution in [0.1, 0.15) is 0 Å². The van der Waals surface area contributed by atoms with Crippen molar-refractivity contribution in [2.75, 3.05) is 38.1 Å². The molecule has 4 nitrogen and oxygen atoms in total. The highest BCUT2D eigenvalue weighted by atomic mass is 16.5. The maximum absolute atomic E-state index is 5.59. The summed E-state index contributed by atoms with van der Waals surface area (Å²) in [5.41, 5.74) is 6.74. The normalized spacial score (nSPS) is 12.5. The molecule has 0 aliphatic carbocycles. The molecule has 0 saturated heterocycles. The Kier molecular flexibility index (Phi) is 3.96. The van der Waals surface area contributed by atoms with Crippen molar-refractivity contribution >= 4 is 22.7 Å². The fourth-order valence-corrected chi connectivity index (χ4v) is 3.66. The monoisotopic (exact) mass is 346 g/mol. The molecule has 132 valence electrons. The van der Waals surface area contributed by atoms with Gasteiger partial charge in [0, 0.05) is 14.1 Å². The van der Waals surface area contributed by atoms with Gasteiger partial charge in [0.05, 0.1) is 42.5 Å². The van der Waals surface area contributed by atoms with E-state index in [1.807, 2.05) is 18.2 Å². The smallest absolute Gasteiger partial charge is 0.130 e. The minimum Gasteiger partial charge on any atom is -0.496 e. The number of hydrogen-bond acceptors (Lipinski definition) is 4. The SMILES string of the molecule is COc1cccc(OC)c1-c1ccc2c(c1)N(C)c1ccccc1N2C. The van der Waals surface area contributed by atoms with E-state index in [0.717, 1.165) is 28.3 Å². The van der Waals surface area contributed by atoms with Gasteiger partial charge in [-0.25, -0.2) is 0 Å². The number of methoxy groups -OCH3 is 2. The standard InChI is InChI=1S/C22H22N2O2/c1-23-16-8-5-6-9-17(16)24(2)19-14-15(12-13-18(19)23)22-20(25-3)10-7-11-21(22)26-4/h5-14H,1-4H3. The Morgan fingerprint density at radius 3 is 1.73 bits per heavy atom. The molecular weight excluding hydrogens is 324 g/mol. The molecule has 3 aromatic rings. The molecule has 1 heterocycles. The lowest BCUT2D eigenvalue weighted by atomic mass is 9.99. The van der Waals surface area contributed by atoms with Crippen LogP contribution < -0.4 is 19.3 Å². The van der Waals surface area contributed by atoms with E-state index in [1.54, 1.807) is 14.2 Å². The van der Waals surface area contributed by atoms with Gasteiger partial charge in [0.15, 0.2) is 0 Å². The van der Waals surface area contributed by atoms with Crippen LogP contribution in [0, 0.1) is 0 Å². The molecule has 0 unspecified atom stereocenters. The fourth-order valence-electron chi connectivity index (χ4n) is 3.66. The summed E-state index contributed by atoms with van der Waals surface area (Å²) in [4.78, 5) is 4.46. The largest absolute Gasteiger partial charge is 0.496 e. The number of ether oxygens (including phenoxy) is 2. The second kappa shape index (κ2) is 6.30. The second-order valence-electron chi connectivity index (χ2n) is 6.35. The summed E-state index contributed by atoms with van der Waals surface area (Å²) in [6, 6.07) is 20.8. The Bertz CT molecular complexity index is 946. The molecule has 0 fully saturated rings. The average molecular weight is 346 g/mol. The van der Waals surface area contributed by atoms with Gasteiger partial charge in [0.2, 0.25) is 0 Å². The van der Waals surface area contributed by atoms with Gasteiger partial charge in [0.25, 0.3) is 0 Å². The van der Waals surface area contributed by atoms with Crippen molar-refractivity contribution in [1.82, 2.24) is 0 Å². The topological polar surface area (TPSA) is 24.9 Å². The van der Waals surface area contributed by atoms with Gasteiger partial charge in [-0.2, -0.15) is 0 Å². The number of nitrogens with zero attached hydrogens (tertiary/aromatic N) is 2. The van der Waals surface area contributed by atoms with Crippen LogP contribution in [0.3, 0.4) is 0 Å². The first kappa shape index (κ1) is 16.3. The predicted molar refractivity (Wildman–Crippen MR) is 108 cm³/mol. The molecule has 0 radical (unpaired) electrons. The number of benzene rings is 3. The van der Waals surface area contributed by atoms with Crippen molar-refractivity contribution in [3.63, 3.8) is 0 Å². The number of hydrogen-bond donors (Lipinski definition) is 0. The van der Waals surface area contributed by atoms with E-state index in [-0.39, 0.29) is 0 Å². The number of fused-ring (bicyclic) bond motifs is 2. The summed E-state index contributed by atoms with van der Waals surface area (Å²) >= 11 is 0. The fraction of sp³-hybridized carbons (Fsp3) is 0.182. The minimum atomic E-state index is 0.802. The summed E-state index contributed by atoms with van der Waals surface area (Å²) < 4.78 is 11.2. The van der Waals surface area contributed by atoms with E-state index in [4.69, 9.17) is 9.47 Å². The molecule has 3 aromatic carbocycles. The molecular formula is C22H22N2O2. The van der Waals surface area contributed by atoms with Crippen LogP contribution in [0.2, 0.25) is 0 Å². The zero-order valence-electron chi connectivity index (χ0n) is 15.5. The quantitative estimate of drug-likeness (QED) is 0.649. The van der Waals surface area contributed by atoms with E-state index in [0.29, 0.717) is 0 Å². The van der Waals surface area contributed by atoms with Gasteiger partial charge >= 0.3 is 0 Å². The van der Waals surface area contributed by atoms with Crippen LogP contribution in [0.25, 0.3) is 11.1 Å². The van der Waals surface area contributed by atoms with E-state index in [1.165, 1.54) is 17.1 Å². The molecule has 0 spiro atoms. The van der Waals surface area contributed by atoms with Crippen LogP contribution >= 0.6 is 0 Å². The van der Waals surface area contributed by atoms with Crippen molar-refractivity contribution in [1.29, 1.82) is 0 Å². The molecule has 26 heavy (non-hydrogen) atoms. The predicted octanol–water partition coefficient (Wildman–Crippen LogP) is 5.22. The zero-order valence-corrected chi connectivity index (χ0v) is 15.5. The van der Waals surface area contributed by atoms with Crippen molar-refractivity contribution < 1.29 is 9.47 Å². The Balaban J connectivity index is 1.90. The Hall–Kier alpha value is -3.14. The first-order chi connectivity index (χ1) is 12.7. The number of rotatable bonds is 3. The van der Waals surface area contributed by atoms with Crippen molar-refractivity contribution in [3.8, 4) is 22.6 Å². The lowest BCUT2D eigenvalue weighted by Gasteiger charge is -2.36. The number of anilines is 4. The number of para-hydroxylation sites is 2. The first-order valence-electron chi connectivity index (χ1n) is 8.57. The highest BCUT2D eigenvalue weighted by Gasteiger charge is 2.25. The molecule has 0 N–H and O–H groups in total. The van der Waals surface area contributed by atoms with Gasteiger partial charge in [-0.05, 0) is 42.0 Å². The second-order valence-corrected chi connectivity index (χ2v) is 6.35. The van der Waals surface area contributed by atoms with Crippen molar-refractivity contribution in [2.45, 2.75) is 0 Å². The maximum Gasteiger partial charge on any atom is 0.130 e. The molecule has 0 atom stereocenters. The highest BCUT2D eigenvalue weighted by Crippen LogP contribution is 2.48. The Morgan fingerprint density at radius 1 is 0.615 bits per heavy atom. The van der Waals surface area contributed by atoms with Gasteiger partial charge in [0.1, 0.15) is 11.5 Å². The lowest BCUT2D eigenvalue weighted by Crippen LogP contribution is -2.24. The average Bonchev–Trinajstić information content (AvgIpc) is 2.71. The molecule has 0 bridgehead atoms. The molecule has 0 aromatic heterocycles. The van der Waals surface area contributed by atoms with E-state index < -0.39 is 0 Å². The zero-order chi connectivity index (χ0) is 18.3. The highest BCUT2D eigenvalue weighted by molar-refractivity contribution is 5.95. The first-order valence-corrected chi connectivity index (χ1v) is 8.57. The van der Waals surface area contributed by atoms with Crippen LogP contribution in [0.4, 0.5) is 22.7 Å². The van der Waals surface area contributed by atoms with Crippen LogP contribution in [-0.4, -0.2) is 28.3 Å². The van der Waals surface area contributed by atoms with Gasteiger partial charge in [-0.1, -0.05) is 24.3 Å². The third kappa shape index (κ3) is 2.37. The lowest BCUT2D eigenvalue weighted by molar-refractivity contribution is 0.397. The van der Waals surface area contributed by atoms with E-state index in [9.17, 15) is 0 Å². The Labute approximate surface area is 154 Å². The Morgan fingerprint density at radius 2 is 1.15 bits per heavy atom.